The van der Waals surface area contributed by atoms with Crippen LogP contribution in [0.5, 0.6) is 0 Å². The van der Waals surface area contributed by atoms with Crippen molar-refractivity contribution >= 4 is 17.5 Å². The van der Waals surface area contributed by atoms with Crippen LogP contribution in [0.1, 0.15) is 31.9 Å². The van der Waals surface area contributed by atoms with Gasteiger partial charge in [-0.3, -0.25) is 19.7 Å². The van der Waals surface area contributed by atoms with Crippen LogP contribution in [-0.4, -0.2) is 45.9 Å². The fourth-order valence-corrected chi connectivity index (χ4v) is 2.77. The standard InChI is InChI=1S/C16H21N3O5/c1-10(2)8-13-15(21)17-6-7-18(13)16(22)14(20)11-4-3-5-12(9-11)19(23)24/h3-5,9-10,13-14,20H,6-8H2,1-2H3,(H,17,21)/t13-,14+/m0/s1. The Morgan fingerprint density at radius 3 is 2.83 bits per heavy atom. The molecule has 1 aliphatic rings. The molecule has 0 radical (unpaired) electrons. The molecule has 0 spiro atoms. The van der Waals surface area contributed by atoms with E-state index < -0.39 is 23.0 Å². The molecule has 24 heavy (non-hydrogen) atoms. The third-order valence-electron chi connectivity index (χ3n) is 3.94. The zero-order valence-electron chi connectivity index (χ0n) is 13.6. The predicted octanol–water partition coefficient (Wildman–Crippen LogP) is 1.00. The van der Waals surface area contributed by atoms with Crippen molar-refractivity contribution in [1.29, 1.82) is 0 Å². The molecule has 0 aromatic heterocycles. The van der Waals surface area contributed by atoms with E-state index in [1.807, 2.05) is 13.8 Å². The highest BCUT2D eigenvalue weighted by molar-refractivity contribution is 5.91. The molecule has 2 atom stereocenters. The highest BCUT2D eigenvalue weighted by Crippen LogP contribution is 2.24. The number of nitro groups is 1. The minimum atomic E-state index is -1.54. The van der Waals surface area contributed by atoms with Crippen molar-refractivity contribution in [3.05, 3.63) is 39.9 Å². The minimum Gasteiger partial charge on any atom is -0.378 e. The van der Waals surface area contributed by atoms with Crippen LogP contribution in [0.4, 0.5) is 5.69 Å². The van der Waals surface area contributed by atoms with Gasteiger partial charge in [-0.2, -0.15) is 0 Å². The smallest absolute Gasteiger partial charge is 0.269 e. The number of nitro benzene ring substituents is 1. The van der Waals surface area contributed by atoms with Gasteiger partial charge < -0.3 is 15.3 Å². The molecule has 2 amide bonds. The number of hydrogen-bond acceptors (Lipinski definition) is 5. The van der Waals surface area contributed by atoms with Crippen molar-refractivity contribution in [3.8, 4) is 0 Å². The van der Waals surface area contributed by atoms with Crippen LogP contribution in [0, 0.1) is 16.0 Å². The first kappa shape index (κ1) is 17.9. The van der Waals surface area contributed by atoms with Crippen LogP contribution in [0.25, 0.3) is 0 Å². The number of piperazine rings is 1. The molecular formula is C16H21N3O5. The number of aliphatic hydroxyl groups excluding tert-OH is 1. The molecule has 1 aromatic carbocycles. The Hall–Kier alpha value is -2.48. The lowest BCUT2D eigenvalue weighted by molar-refractivity contribution is -0.385. The summed E-state index contributed by atoms with van der Waals surface area (Å²) in [7, 11) is 0. The number of amides is 2. The van der Waals surface area contributed by atoms with E-state index in [1.54, 1.807) is 0 Å². The molecule has 1 heterocycles. The summed E-state index contributed by atoms with van der Waals surface area (Å²) in [5, 5.41) is 23.9. The summed E-state index contributed by atoms with van der Waals surface area (Å²) in [5.41, 5.74) is -0.0575. The molecular weight excluding hydrogens is 314 g/mol. The Balaban J connectivity index is 2.23. The maximum absolute atomic E-state index is 12.6. The van der Waals surface area contributed by atoms with E-state index in [1.165, 1.54) is 29.2 Å². The molecule has 8 nitrogen and oxygen atoms in total. The van der Waals surface area contributed by atoms with Gasteiger partial charge in [-0.15, -0.1) is 0 Å². The average molecular weight is 335 g/mol. The highest BCUT2D eigenvalue weighted by Gasteiger charge is 2.36. The van der Waals surface area contributed by atoms with Crippen LogP contribution in [-0.2, 0) is 9.59 Å². The van der Waals surface area contributed by atoms with Gasteiger partial charge in [-0.1, -0.05) is 26.0 Å². The molecule has 0 saturated carbocycles. The first-order valence-corrected chi connectivity index (χ1v) is 7.82. The van der Waals surface area contributed by atoms with Gasteiger partial charge in [0.25, 0.3) is 11.6 Å². The van der Waals surface area contributed by atoms with Crippen LogP contribution in [0.15, 0.2) is 24.3 Å². The molecule has 2 N–H and O–H groups in total. The van der Waals surface area contributed by atoms with E-state index in [2.05, 4.69) is 5.32 Å². The molecule has 130 valence electrons. The first-order valence-electron chi connectivity index (χ1n) is 7.82. The Morgan fingerprint density at radius 1 is 1.50 bits per heavy atom. The number of rotatable bonds is 5. The lowest BCUT2D eigenvalue weighted by Crippen LogP contribution is -2.58. The zero-order chi connectivity index (χ0) is 17.9. The largest absolute Gasteiger partial charge is 0.378 e. The van der Waals surface area contributed by atoms with Gasteiger partial charge in [0.05, 0.1) is 4.92 Å². The number of hydrogen-bond donors (Lipinski definition) is 2. The third kappa shape index (κ3) is 3.88. The number of benzene rings is 1. The number of carbonyl (C=O) groups is 2. The molecule has 0 unspecified atom stereocenters. The fraction of sp³-hybridized carbons (Fsp3) is 0.500. The first-order chi connectivity index (χ1) is 11.3. The summed E-state index contributed by atoms with van der Waals surface area (Å²) in [6.45, 7) is 4.51. The number of aliphatic hydroxyl groups is 1. The topological polar surface area (TPSA) is 113 Å². The van der Waals surface area contributed by atoms with Crippen molar-refractivity contribution in [2.24, 2.45) is 5.92 Å². The van der Waals surface area contributed by atoms with Crippen LogP contribution < -0.4 is 5.32 Å². The Labute approximate surface area is 139 Å². The summed E-state index contributed by atoms with van der Waals surface area (Å²) in [6, 6.07) is 4.69. The Bertz CT molecular complexity index is 646. The highest BCUT2D eigenvalue weighted by atomic mass is 16.6. The van der Waals surface area contributed by atoms with E-state index in [9.17, 15) is 24.8 Å². The molecule has 1 fully saturated rings. The number of nitrogens with zero attached hydrogens (tertiary/aromatic N) is 2. The molecule has 8 heteroatoms. The van der Waals surface area contributed by atoms with E-state index in [-0.39, 0.29) is 23.1 Å². The molecule has 0 aliphatic carbocycles. The molecule has 1 aromatic rings. The van der Waals surface area contributed by atoms with Crippen LogP contribution >= 0.6 is 0 Å². The van der Waals surface area contributed by atoms with Gasteiger partial charge in [0.2, 0.25) is 5.91 Å². The van der Waals surface area contributed by atoms with E-state index in [0.29, 0.717) is 19.5 Å². The van der Waals surface area contributed by atoms with E-state index >= 15 is 0 Å². The molecule has 2 rings (SSSR count). The number of carbonyl (C=O) groups excluding carboxylic acids is 2. The maximum Gasteiger partial charge on any atom is 0.269 e. The second-order valence-electron chi connectivity index (χ2n) is 6.22. The lowest BCUT2D eigenvalue weighted by Gasteiger charge is -2.37. The molecule has 1 saturated heterocycles. The van der Waals surface area contributed by atoms with Crippen LogP contribution in [0.2, 0.25) is 0 Å². The quantitative estimate of drug-likeness (QED) is 0.616. The van der Waals surface area contributed by atoms with Crippen molar-refractivity contribution in [2.45, 2.75) is 32.4 Å². The second kappa shape index (κ2) is 7.39. The van der Waals surface area contributed by atoms with Gasteiger partial charge in [0.15, 0.2) is 6.10 Å². The van der Waals surface area contributed by atoms with E-state index in [4.69, 9.17) is 0 Å². The molecule has 1 aliphatic heterocycles. The summed E-state index contributed by atoms with van der Waals surface area (Å²) >= 11 is 0. The minimum absolute atomic E-state index is 0.142. The van der Waals surface area contributed by atoms with Gasteiger partial charge in [-0.25, -0.2) is 0 Å². The summed E-state index contributed by atoms with van der Waals surface area (Å²) in [4.78, 5) is 36.3. The predicted molar refractivity (Wildman–Crippen MR) is 86.0 cm³/mol. The monoisotopic (exact) mass is 335 g/mol. The van der Waals surface area contributed by atoms with Gasteiger partial charge in [-0.05, 0) is 17.9 Å². The number of nitrogens with one attached hydrogen (secondary N) is 1. The fourth-order valence-electron chi connectivity index (χ4n) is 2.77. The van der Waals surface area contributed by atoms with E-state index in [0.717, 1.165) is 0 Å². The van der Waals surface area contributed by atoms with Crippen molar-refractivity contribution < 1.29 is 19.6 Å². The third-order valence-corrected chi connectivity index (χ3v) is 3.94. The summed E-state index contributed by atoms with van der Waals surface area (Å²) < 4.78 is 0. The normalized spacial score (nSPS) is 19.1. The Kier molecular flexibility index (Phi) is 5.50. The van der Waals surface area contributed by atoms with Crippen molar-refractivity contribution in [1.82, 2.24) is 10.2 Å². The average Bonchev–Trinajstić information content (AvgIpc) is 2.55. The summed E-state index contributed by atoms with van der Waals surface area (Å²) in [6.07, 6.45) is -1.05. The van der Waals surface area contributed by atoms with Gasteiger partial charge >= 0.3 is 0 Å². The lowest BCUT2D eigenvalue weighted by atomic mass is 9.98. The second-order valence-corrected chi connectivity index (χ2v) is 6.22. The van der Waals surface area contributed by atoms with Gasteiger partial charge in [0.1, 0.15) is 6.04 Å². The zero-order valence-corrected chi connectivity index (χ0v) is 13.6. The van der Waals surface area contributed by atoms with Crippen molar-refractivity contribution in [2.75, 3.05) is 13.1 Å². The Morgan fingerprint density at radius 2 is 2.21 bits per heavy atom. The van der Waals surface area contributed by atoms with Crippen molar-refractivity contribution in [3.63, 3.8) is 0 Å². The van der Waals surface area contributed by atoms with Gasteiger partial charge in [0, 0.05) is 25.2 Å². The maximum atomic E-state index is 12.6. The van der Waals surface area contributed by atoms with Crippen LogP contribution in [0.3, 0.4) is 0 Å². The summed E-state index contributed by atoms with van der Waals surface area (Å²) in [5.74, 6) is -0.658. The number of non-ortho nitro benzene ring substituents is 1. The SMILES string of the molecule is CC(C)C[C@H]1C(=O)NCCN1C(=O)[C@H](O)c1cccc([N+](=O)[O-])c1. The molecule has 0 bridgehead atoms.